The molecule has 2 rings (SSSR count). The van der Waals surface area contributed by atoms with Crippen molar-refractivity contribution in [1.82, 2.24) is 10.2 Å². The molecule has 0 aromatic rings. The van der Waals surface area contributed by atoms with E-state index in [1.165, 1.54) is 12.8 Å². The maximum absolute atomic E-state index is 11.2. The van der Waals surface area contributed by atoms with Crippen LogP contribution in [0.15, 0.2) is 0 Å². The lowest BCUT2D eigenvalue weighted by atomic mass is 9.94. The van der Waals surface area contributed by atoms with Gasteiger partial charge in [0.1, 0.15) is 0 Å². The molecule has 2 fully saturated rings. The van der Waals surface area contributed by atoms with Crippen LogP contribution in [0.1, 0.15) is 25.7 Å². The first kappa shape index (κ1) is 14.3. The van der Waals surface area contributed by atoms with Crippen molar-refractivity contribution in [2.75, 3.05) is 26.2 Å². The lowest BCUT2D eigenvalue weighted by molar-refractivity contribution is -0.144. The Labute approximate surface area is 112 Å². The second-order valence-corrected chi connectivity index (χ2v) is 5.72. The number of piperidine rings is 1. The fraction of sp³-hybridized carbons (Fsp3) is 0.846. The lowest BCUT2D eigenvalue weighted by Gasteiger charge is -2.36. The summed E-state index contributed by atoms with van der Waals surface area (Å²) < 4.78 is 0. The normalized spacial score (nSPS) is 28.2. The second-order valence-electron chi connectivity index (χ2n) is 5.72. The highest BCUT2D eigenvalue weighted by Crippen LogP contribution is 2.28. The number of hydrogen-bond acceptors (Lipinski definition) is 4. The van der Waals surface area contributed by atoms with E-state index in [-0.39, 0.29) is 18.4 Å². The first-order valence-corrected chi connectivity index (χ1v) is 6.95. The van der Waals surface area contributed by atoms with Crippen LogP contribution < -0.4 is 5.32 Å². The molecule has 0 aromatic carbocycles. The Hall–Kier alpha value is -1.14. The molecule has 2 unspecified atom stereocenters. The highest BCUT2D eigenvalue weighted by Gasteiger charge is 2.32. The lowest BCUT2D eigenvalue weighted by Crippen LogP contribution is -2.51. The molecule has 2 aliphatic rings. The molecule has 0 aromatic heterocycles. The predicted molar refractivity (Wildman–Crippen MR) is 69.0 cm³/mol. The molecule has 19 heavy (non-hydrogen) atoms. The molecule has 1 aliphatic carbocycles. The summed E-state index contributed by atoms with van der Waals surface area (Å²) in [6.07, 6.45) is 3.25. The fourth-order valence-corrected chi connectivity index (χ4v) is 2.61. The molecule has 6 heteroatoms. The molecule has 1 heterocycles. The summed E-state index contributed by atoms with van der Waals surface area (Å²) in [5.41, 5.74) is 0. The zero-order valence-electron chi connectivity index (χ0n) is 11.0. The van der Waals surface area contributed by atoms with E-state index in [2.05, 4.69) is 5.32 Å². The number of nitrogens with zero attached hydrogens (tertiary/aromatic N) is 1. The number of carbonyl (C=O) groups is 2. The number of carboxylic acids is 2. The summed E-state index contributed by atoms with van der Waals surface area (Å²) in [5.74, 6) is -1.24. The van der Waals surface area contributed by atoms with Crippen molar-refractivity contribution in [3.63, 3.8) is 0 Å². The third-order valence-electron chi connectivity index (χ3n) is 3.91. The van der Waals surface area contributed by atoms with Gasteiger partial charge in [-0.15, -0.1) is 0 Å². The Morgan fingerprint density at radius 1 is 1.21 bits per heavy atom. The van der Waals surface area contributed by atoms with Crippen LogP contribution in [-0.4, -0.2) is 59.3 Å². The van der Waals surface area contributed by atoms with Crippen molar-refractivity contribution in [1.29, 1.82) is 0 Å². The molecule has 0 spiro atoms. The number of hydrogen-bond donors (Lipinski definition) is 3. The maximum atomic E-state index is 11.2. The van der Waals surface area contributed by atoms with Crippen LogP contribution in [0.5, 0.6) is 0 Å². The van der Waals surface area contributed by atoms with Gasteiger partial charge in [0.05, 0.1) is 12.3 Å². The summed E-state index contributed by atoms with van der Waals surface area (Å²) in [6.45, 7) is 2.61. The summed E-state index contributed by atoms with van der Waals surface area (Å²) in [6, 6.07) is 0.171. The summed E-state index contributed by atoms with van der Waals surface area (Å²) in [5, 5.41) is 21.3. The third-order valence-corrected chi connectivity index (χ3v) is 3.91. The zero-order chi connectivity index (χ0) is 13.8. The topological polar surface area (TPSA) is 89.9 Å². The van der Waals surface area contributed by atoms with Crippen LogP contribution in [0.3, 0.4) is 0 Å². The summed E-state index contributed by atoms with van der Waals surface area (Å²) >= 11 is 0. The minimum atomic E-state index is -0.833. The Morgan fingerprint density at radius 3 is 2.53 bits per heavy atom. The standard InChI is InChI=1S/C13H22N2O4/c16-12(17)3-4-15-7-10(13(18)19)5-11(8-15)14-6-9-1-2-9/h9-11,14H,1-8H2,(H,16,17)(H,18,19). The van der Waals surface area contributed by atoms with Gasteiger partial charge >= 0.3 is 11.9 Å². The zero-order valence-corrected chi connectivity index (χ0v) is 11.0. The van der Waals surface area contributed by atoms with E-state index in [9.17, 15) is 14.7 Å². The van der Waals surface area contributed by atoms with Gasteiger partial charge in [0.2, 0.25) is 0 Å². The van der Waals surface area contributed by atoms with Gasteiger partial charge in [-0.3, -0.25) is 9.59 Å². The van der Waals surface area contributed by atoms with Crippen molar-refractivity contribution >= 4 is 11.9 Å². The van der Waals surface area contributed by atoms with Crippen LogP contribution in [-0.2, 0) is 9.59 Å². The van der Waals surface area contributed by atoms with Crippen LogP contribution in [0.25, 0.3) is 0 Å². The van der Waals surface area contributed by atoms with E-state index in [1.54, 1.807) is 0 Å². The van der Waals surface area contributed by atoms with E-state index in [1.807, 2.05) is 4.90 Å². The summed E-state index contributed by atoms with van der Waals surface area (Å²) in [7, 11) is 0. The van der Waals surface area contributed by atoms with Crippen LogP contribution in [0.4, 0.5) is 0 Å². The van der Waals surface area contributed by atoms with E-state index in [4.69, 9.17) is 5.11 Å². The maximum Gasteiger partial charge on any atom is 0.307 e. The van der Waals surface area contributed by atoms with Gasteiger partial charge in [0.25, 0.3) is 0 Å². The molecule has 6 nitrogen and oxygen atoms in total. The second kappa shape index (κ2) is 6.34. The van der Waals surface area contributed by atoms with Crippen molar-refractivity contribution in [2.24, 2.45) is 11.8 Å². The SMILES string of the molecule is O=C(O)CCN1CC(NCC2CC2)CC(C(=O)O)C1. The molecule has 0 bridgehead atoms. The van der Waals surface area contributed by atoms with E-state index < -0.39 is 11.9 Å². The number of likely N-dealkylation sites (tertiary alicyclic amines) is 1. The molecule has 2 atom stereocenters. The third kappa shape index (κ3) is 4.80. The van der Waals surface area contributed by atoms with Crippen LogP contribution >= 0.6 is 0 Å². The molecular weight excluding hydrogens is 248 g/mol. The number of aliphatic carboxylic acids is 2. The largest absolute Gasteiger partial charge is 0.481 e. The smallest absolute Gasteiger partial charge is 0.307 e. The molecule has 1 saturated carbocycles. The molecule has 3 N–H and O–H groups in total. The van der Waals surface area contributed by atoms with E-state index in [0.717, 1.165) is 19.0 Å². The minimum Gasteiger partial charge on any atom is -0.481 e. The van der Waals surface area contributed by atoms with Gasteiger partial charge in [-0.25, -0.2) is 0 Å². The molecule has 0 radical (unpaired) electrons. The Morgan fingerprint density at radius 2 is 1.95 bits per heavy atom. The predicted octanol–water partition coefficient (Wildman–Crippen LogP) is 0.236. The van der Waals surface area contributed by atoms with Gasteiger partial charge in [-0.1, -0.05) is 0 Å². The Kier molecular flexibility index (Phi) is 4.76. The van der Waals surface area contributed by atoms with Crippen LogP contribution in [0, 0.1) is 11.8 Å². The van der Waals surface area contributed by atoms with Crippen molar-refractivity contribution < 1.29 is 19.8 Å². The molecule has 1 aliphatic heterocycles. The van der Waals surface area contributed by atoms with E-state index in [0.29, 0.717) is 19.5 Å². The van der Waals surface area contributed by atoms with Gasteiger partial charge in [-0.2, -0.15) is 0 Å². The van der Waals surface area contributed by atoms with Crippen molar-refractivity contribution in [2.45, 2.75) is 31.7 Å². The Bertz CT molecular complexity index is 344. The first-order valence-electron chi connectivity index (χ1n) is 6.95. The fourth-order valence-electron chi connectivity index (χ4n) is 2.61. The minimum absolute atomic E-state index is 0.0711. The number of nitrogens with one attached hydrogen (secondary N) is 1. The average Bonchev–Trinajstić information content (AvgIpc) is 3.17. The molecule has 0 amide bonds. The molecule has 1 saturated heterocycles. The van der Waals surface area contributed by atoms with Crippen molar-refractivity contribution in [3.8, 4) is 0 Å². The van der Waals surface area contributed by atoms with Gasteiger partial charge in [0, 0.05) is 25.7 Å². The monoisotopic (exact) mass is 270 g/mol. The quantitative estimate of drug-likeness (QED) is 0.614. The Balaban J connectivity index is 1.83. The molecule has 108 valence electrons. The van der Waals surface area contributed by atoms with Gasteiger partial charge in [0.15, 0.2) is 0 Å². The number of rotatable bonds is 7. The first-order chi connectivity index (χ1) is 9.04. The highest BCUT2D eigenvalue weighted by atomic mass is 16.4. The number of carboxylic acid groups (broad SMARTS) is 2. The average molecular weight is 270 g/mol. The molecular formula is C13H22N2O4. The van der Waals surface area contributed by atoms with E-state index >= 15 is 0 Å². The van der Waals surface area contributed by atoms with Gasteiger partial charge < -0.3 is 20.4 Å². The van der Waals surface area contributed by atoms with Crippen LogP contribution in [0.2, 0.25) is 0 Å². The van der Waals surface area contributed by atoms with Gasteiger partial charge in [-0.05, 0) is 31.7 Å². The summed E-state index contributed by atoms with van der Waals surface area (Å²) in [4.78, 5) is 23.7. The van der Waals surface area contributed by atoms with Crippen molar-refractivity contribution in [3.05, 3.63) is 0 Å². The highest BCUT2D eigenvalue weighted by molar-refractivity contribution is 5.70.